The third kappa shape index (κ3) is 5.79. The summed E-state index contributed by atoms with van der Waals surface area (Å²) in [5, 5.41) is 8.68. The fourth-order valence-corrected chi connectivity index (χ4v) is 3.13. The van der Waals surface area contributed by atoms with E-state index < -0.39 is 0 Å². The van der Waals surface area contributed by atoms with E-state index in [0.29, 0.717) is 6.61 Å². The highest BCUT2D eigenvalue weighted by molar-refractivity contribution is 7.99. The maximum absolute atomic E-state index is 8.68. The molecule has 0 amide bonds. The summed E-state index contributed by atoms with van der Waals surface area (Å²) >= 11 is 2.10. The van der Waals surface area contributed by atoms with E-state index in [4.69, 9.17) is 5.11 Å². The summed E-state index contributed by atoms with van der Waals surface area (Å²) in [5.74, 6) is 2.64. The maximum Gasteiger partial charge on any atom is 0.0431 e. The Labute approximate surface area is 98.4 Å². The average Bonchev–Trinajstić information content (AvgIpc) is 2.44. The summed E-state index contributed by atoms with van der Waals surface area (Å²) < 4.78 is 0. The molecule has 1 atom stereocenters. The molecule has 1 aliphatic rings. The Morgan fingerprint density at radius 3 is 2.80 bits per heavy atom. The molecule has 1 heterocycles. The summed E-state index contributed by atoms with van der Waals surface area (Å²) in [7, 11) is 0. The van der Waals surface area contributed by atoms with Gasteiger partial charge in [-0.05, 0) is 38.5 Å². The zero-order valence-electron chi connectivity index (χ0n) is 9.95. The molecule has 0 saturated carbocycles. The molecule has 90 valence electrons. The van der Waals surface area contributed by atoms with Crippen molar-refractivity contribution in [1.29, 1.82) is 0 Å². The van der Waals surface area contributed by atoms with Crippen molar-refractivity contribution < 1.29 is 5.11 Å². The molecule has 2 nitrogen and oxygen atoms in total. The van der Waals surface area contributed by atoms with Crippen LogP contribution in [0.3, 0.4) is 0 Å². The third-order valence-electron chi connectivity index (χ3n) is 3.18. The molecule has 1 rings (SSSR count). The van der Waals surface area contributed by atoms with Crippen molar-refractivity contribution in [1.82, 2.24) is 4.90 Å². The third-order valence-corrected chi connectivity index (χ3v) is 4.18. The van der Waals surface area contributed by atoms with Crippen LogP contribution in [0.5, 0.6) is 0 Å². The van der Waals surface area contributed by atoms with Crippen molar-refractivity contribution in [2.75, 3.05) is 31.2 Å². The van der Waals surface area contributed by atoms with E-state index in [-0.39, 0.29) is 0 Å². The minimum atomic E-state index is 0.358. The van der Waals surface area contributed by atoms with E-state index in [1.165, 1.54) is 50.3 Å². The number of thioether (sulfide) groups is 1. The van der Waals surface area contributed by atoms with Gasteiger partial charge < -0.3 is 5.11 Å². The zero-order chi connectivity index (χ0) is 10.9. The van der Waals surface area contributed by atoms with Gasteiger partial charge in [0.05, 0.1) is 0 Å². The van der Waals surface area contributed by atoms with Gasteiger partial charge in [-0.15, -0.1) is 0 Å². The second-order valence-electron chi connectivity index (χ2n) is 4.42. The molecular formula is C12H25NOS. The lowest BCUT2D eigenvalue weighted by Crippen LogP contribution is -2.34. The first kappa shape index (κ1) is 13.3. The van der Waals surface area contributed by atoms with Crippen LogP contribution >= 0.6 is 11.8 Å². The first-order valence-corrected chi connectivity index (χ1v) is 7.42. The monoisotopic (exact) mass is 231 g/mol. The van der Waals surface area contributed by atoms with Crippen molar-refractivity contribution >= 4 is 11.8 Å². The van der Waals surface area contributed by atoms with Crippen LogP contribution < -0.4 is 0 Å². The highest BCUT2D eigenvalue weighted by Crippen LogP contribution is 2.16. The minimum absolute atomic E-state index is 0.358. The number of hydrogen-bond acceptors (Lipinski definition) is 3. The van der Waals surface area contributed by atoms with Crippen LogP contribution in [0.2, 0.25) is 0 Å². The van der Waals surface area contributed by atoms with Crippen LogP contribution in [0.1, 0.15) is 39.0 Å². The van der Waals surface area contributed by atoms with E-state index >= 15 is 0 Å². The molecule has 1 unspecified atom stereocenters. The van der Waals surface area contributed by atoms with Gasteiger partial charge in [0.2, 0.25) is 0 Å². The van der Waals surface area contributed by atoms with Crippen LogP contribution in [0.25, 0.3) is 0 Å². The molecule has 0 aromatic carbocycles. The van der Waals surface area contributed by atoms with Gasteiger partial charge in [-0.2, -0.15) is 11.8 Å². The standard InChI is InChI=1S/C12H25NOS/c1-12-6-10-15-11-8-13(12)7-4-2-3-5-9-14/h12,14H,2-11H2,1H3. The topological polar surface area (TPSA) is 23.5 Å². The number of nitrogens with zero attached hydrogens (tertiary/aromatic N) is 1. The largest absolute Gasteiger partial charge is 0.396 e. The molecule has 0 aliphatic carbocycles. The molecule has 1 saturated heterocycles. The second kappa shape index (κ2) is 8.43. The Kier molecular flexibility index (Phi) is 7.49. The zero-order valence-corrected chi connectivity index (χ0v) is 10.8. The van der Waals surface area contributed by atoms with Crippen molar-refractivity contribution in [3.63, 3.8) is 0 Å². The molecule has 0 aromatic rings. The molecular weight excluding hydrogens is 206 g/mol. The lowest BCUT2D eigenvalue weighted by Gasteiger charge is -2.26. The van der Waals surface area contributed by atoms with E-state index in [1.54, 1.807) is 0 Å². The molecule has 1 aliphatic heterocycles. The van der Waals surface area contributed by atoms with Crippen LogP contribution in [0.4, 0.5) is 0 Å². The number of aliphatic hydroxyl groups excluding tert-OH is 1. The summed E-state index contributed by atoms with van der Waals surface area (Å²) in [6.45, 7) is 5.25. The predicted octanol–water partition coefficient (Wildman–Crippen LogP) is 2.37. The highest BCUT2D eigenvalue weighted by atomic mass is 32.2. The average molecular weight is 231 g/mol. The second-order valence-corrected chi connectivity index (χ2v) is 5.65. The van der Waals surface area contributed by atoms with Crippen molar-refractivity contribution in [3.05, 3.63) is 0 Å². The lowest BCUT2D eigenvalue weighted by atomic mass is 10.1. The Balaban J connectivity index is 2.07. The molecule has 0 radical (unpaired) electrons. The van der Waals surface area contributed by atoms with Crippen molar-refractivity contribution in [3.8, 4) is 0 Å². The predicted molar refractivity (Wildman–Crippen MR) is 68.5 cm³/mol. The van der Waals surface area contributed by atoms with Crippen LogP contribution in [-0.2, 0) is 0 Å². The molecule has 0 spiro atoms. The van der Waals surface area contributed by atoms with Gasteiger partial charge in [-0.3, -0.25) is 4.90 Å². The van der Waals surface area contributed by atoms with E-state index in [1.807, 2.05) is 0 Å². The summed E-state index contributed by atoms with van der Waals surface area (Å²) in [6.07, 6.45) is 6.09. The quantitative estimate of drug-likeness (QED) is 0.710. The van der Waals surface area contributed by atoms with Gasteiger partial charge in [0, 0.05) is 24.9 Å². The van der Waals surface area contributed by atoms with Crippen molar-refractivity contribution in [2.45, 2.75) is 45.1 Å². The molecule has 3 heteroatoms. The summed E-state index contributed by atoms with van der Waals surface area (Å²) in [4.78, 5) is 2.64. The molecule has 0 aromatic heterocycles. The maximum atomic E-state index is 8.68. The van der Waals surface area contributed by atoms with E-state index in [9.17, 15) is 0 Å². The Morgan fingerprint density at radius 1 is 1.20 bits per heavy atom. The summed E-state index contributed by atoms with van der Waals surface area (Å²) in [5.41, 5.74) is 0. The van der Waals surface area contributed by atoms with Gasteiger partial charge in [0.25, 0.3) is 0 Å². The number of aliphatic hydroxyl groups is 1. The Hall–Kier alpha value is 0.270. The van der Waals surface area contributed by atoms with E-state index in [0.717, 1.165) is 12.5 Å². The first-order valence-electron chi connectivity index (χ1n) is 6.27. The van der Waals surface area contributed by atoms with Gasteiger partial charge in [0.15, 0.2) is 0 Å². The van der Waals surface area contributed by atoms with Gasteiger partial charge in [0.1, 0.15) is 0 Å². The fourth-order valence-electron chi connectivity index (χ4n) is 2.05. The highest BCUT2D eigenvalue weighted by Gasteiger charge is 2.15. The molecule has 15 heavy (non-hydrogen) atoms. The SMILES string of the molecule is CC1CCSCCN1CCCCCCO. The van der Waals surface area contributed by atoms with Crippen LogP contribution in [-0.4, -0.2) is 47.3 Å². The lowest BCUT2D eigenvalue weighted by molar-refractivity contribution is 0.214. The van der Waals surface area contributed by atoms with Gasteiger partial charge >= 0.3 is 0 Å². The first-order chi connectivity index (χ1) is 7.34. The minimum Gasteiger partial charge on any atom is -0.396 e. The Morgan fingerprint density at radius 2 is 2.00 bits per heavy atom. The van der Waals surface area contributed by atoms with E-state index in [2.05, 4.69) is 23.6 Å². The number of unbranched alkanes of at least 4 members (excludes halogenated alkanes) is 3. The molecule has 1 fully saturated rings. The molecule has 0 bridgehead atoms. The number of rotatable bonds is 6. The Bertz CT molecular complexity index is 155. The van der Waals surface area contributed by atoms with Crippen molar-refractivity contribution in [2.24, 2.45) is 0 Å². The van der Waals surface area contributed by atoms with Gasteiger partial charge in [-0.1, -0.05) is 12.8 Å². The van der Waals surface area contributed by atoms with Crippen LogP contribution in [0.15, 0.2) is 0 Å². The molecule has 1 N–H and O–H groups in total. The smallest absolute Gasteiger partial charge is 0.0431 e. The normalized spacial score (nSPS) is 24.0. The van der Waals surface area contributed by atoms with Crippen LogP contribution in [0, 0.1) is 0 Å². The fraction of sp³-hybridized carbons (Fsp3) is 1.00. The van der Waals surface area contributed by atoms with Gasteiger partial charge in [-0.25, -0.2) is 0 Å². The number of hydrogen-bond donors (Lipinski definition) is 1. The summed E-state index contributed by atoms with van der Waals surface area (Å²) in [6, 6.07) is 0.776.